The van der Waals surface area contributed by atoms with Gasteiger partial charge in [-0.1, -0.05) is 19.1 Å². The molecule has 1 aliphatic heterocycles. The first kappa shape index (κ1) is 11.0. The average molecular weight is 216 g/mol. The van der Waals surface area contributed by atoms with Crippen LogP contribution < -0.4 is 4.90 Å². The van der Waals surface area contributed by atoms with E-state index < -0.39 is 0 Å². The minimum Gasteiger partial charge on any atom is -0.394 e. The van der Waals surface area contributed by atoms with Crippen molar-refractivity contribution in [2.75, 3.05) is 18.1 Å². The van der Waals surface area contributed by atoms with Crippen molar-refractivity contribution in [3.05, 3.63) is 29.8 Å². The lowest BCUT2D eigenvalue weighted by molar-refractivity contribution is 0.244. The number of hydrogen-bond donors (Lipinski definition) is 1. The number of rotatable bonds is 2. The normalized spacial score (nSPS) is 24.4. The van der Waals surface area contributed by atoms with E-state index >= 15 is 0 Å². The molecular weight excluding hydrogens is 200 g/mol. The number of nitriles is 1. The smallest absolute Gasteiger partial charge is 0.101 e. The predicted molar refractivity (Wildman–Crippen MR) is 63.2 cm³/mol. The molecule has 1 fully saturated rings. The van der Waals surface area contributed by atoms with Gasteiger partial charge in [-0.05, 0) is 24.5 Å². The highest BCUT2D eigenvalue weighted by Crippen LogP contribution is 2.31. The summed E-state index contributed by atoms with van der Waals surface area (Å²) in [6.45, 7) is 3.22. The molecule has 0 aliphatic carbocycles. The molecule has 1 aromatic rings. The topological polar surface area (TPSA) is 47.3 Å². The monoisotopic (exact) mass is 216 g/mol. The van der Waals surface area contributed by atoms with E-state index in [2.05, 4.69) is 17.9 Å². The fraction of sp³-hybridized carbons (Fsp3) is 0.462. The van der Waals surface area contributed by atoms with Crippen LogP contribution in [0.3, 0.4) is 0 Å². The summed E-state index contributed by atoms with van der Waals surface area (Å²) in [5, 5.41) is 18.5. The molecule has 0 radical (unpaired) electrons. The van der Waals surface area contributed by atoms with E-state index in [-0.39, 0.29) is 12.6 Å². The minimum absolute atomic E-state index is 0.148. The van der Waals surface area contributed by atoms with E-state index in [0.29, 0.717) is 11.5 Å². The molecule has 0 amide bonds. The highest BCUT2D eigenvalue weighted by molar-refractivity contribution is 5.60. The van der Waals surface area contributed by atoms with Gasteiger partial charge in [-0.2, -0.15) is 5.26 Å². The average Bonchev–Trinajstić information content (AvgIpc) is 2.70. The number of hydrogen-bond acceptors (Lipinski definition) is 3. The maximum absolute atomic E-state index is 9.41. The third kappa shape index (κ3) is 1.77. The summed E-state index contributed by atoms with van der Waals surface area (Å²) in [6, 6.07) is 9.95. The summed E-state index contributed by atoms with van der Waals surface area (Å²) in [4.78, 5) is 2.16. The fourth-order valence-corrected chi connectivity index (χ4v) is 2.40. The highest BCUT2D eigenvalue weighted by atomic mass is 16.3. The van der Waals surface area contributed by atoms with Crippen LogP contribution in [0.25, 0.3) is 0 Å². The quantitative estimate of drug-likeness (QED) is 0.819. The first-order chi connectivity index (χ1) is 7.77. The molecule has 2 unspecified atom stereocenters. The number of benzene rings is 1. The molecule has 84 valence electrons. The lowest BCUT2D eigenvalue weighted by Crippen LogP contribution is -2.35. The van der Waals surface area contributed by atoms with Gasteiger partial charge in [-0.25, -0.2) is 0 Å². The Morgan fingerprint density at radius 1 is 1.50 bits per heavy atom. The molecule has 1 N–H and O–H groups in total. The molecule has 1 aromatic carbocycles. The second-order valence-electron chi connectivity index (χ2n) is 4.34. The van der Waals surface area contributed by atoms with E-state index in [1.165, 1.54) is 0 Å². The Bertz CT molecular complexity index is 411. The Morgan fingerprint density at radius 2 is 2.25 bits per heavy atom. The minimum atomic E-state index is 0.148. The zero-order chi connectivity index (χ0) is 11.5. The molecule has 2 rings (SSSR count). The Kier molecular flexibility index (Phi) is 3.12. The van der Waals surface area contributed by atoms with Crippen molar-refractivity contribution in [2.45, 2.75) is 19.4 Å². The van der Waals surface area contributed by atoms with Gasteiger partial charge in [0.05, 0.1) is 23.9 Å². The molecule has 0 saturated carbocycles. The van der Waals surface area contributed by atoms with Gasteiger partial charge in [0.15, 0.2) is 0 Å². The van der Waals surface area contributed by atoms with Crippen LogP contribution in [-0.4, -0.2) is 24.3 Å². The Hall–Kier alpha value is -1.53. The third-order valence-electron chi connectivity index (χ3n) is 3.40. The maximum Gasteiger partial charge on any atom is 0.101 e. The predicted octanol–water partition coefficient (Wildman–Crippen LogP) is 1.77. The highest BCUT2D eigenvalue weighted by Gasteiger charge is 2.31. The summed E-state index contributed by atoms with van der Waals surface area (Å²) >= 11 is 0. The lowest BCUT2D eigenvalue weighted by atomic mass is 10.0. The summed E-state index contributed by atoms with van der Waals surface area (Å²) in [5.74, 6) is 0.483. The van der Waals surface area contributed by atoms with E-state index in [0.717, 1.165) is 18.7 Å². The molecular formula is C13H16N2O. The van der Waals surface area contributed by atoms with Crippen LogP contribution in [0.2, 0.25) is 0 Å². The number of anilines is 1. The van der Waals surface area contributed by atoms with Crippen molar-refractivity contribution in [2.24, 2.45) is 5.92 Å². The number of aliphatic hydroxyl groups is 1. The van der Waals surface area contributed by atoms with Crippen LogP contribution in [-0.2, 0) is 0 Å². The first-order valence-electron chi connectivity index (χ1n) is 5.64. The standard InChI is InChI=1S/C13H16N2O/c1-10-6-7-15(13(10)9-16)12-5-3-2-4-11(12)8-14/h2-5,10,13,16H,6-7,9H2,1H3. The van der Waals surface area contributed by atoms with Crippen LogP contribution in [0.15, 0.2) is 24.3 Å². The second-order valence-corrected chi connectivity index (χ2v) is 4.34. The van der Waals surface area contributed by atoms with Crippen molar-refractivity contribution >= 4 is 5.69 Å². The third-order valence-corrected chi connectivity index (χ3v) is 3.40. The number of para-hydroxylation sites is 1. The summed E-state index contributed by atoms with van der Waals surface area (Å²) in [6.07, 6.45) is 1.07. The van der Waals surface area contributed by atoms with Crippen molar-refractivity contribution in [3.63, 3.8) is 0 Å². The molecule has 1 aliphatic rings. The van der Waals surface area contributed by atoms with Crippen molar-refractivity contribution in [3.8, 4) is 6.07 Å². The van der Waals surface area contributed by atoms with Crippen LogP contribution in [0, 0.1) is 17.2 Å². The van der Waals surface area contributed by atoms with E-state index in [9.17, 15) is 5.11 Å². The molecule has 16 heavy (non-hydrogen) atoms. The molecule has 0 spiro atoms. The van der Waals surface area contributed by atoms with Gasteiger partial charge < -0.3 is 10.0 Å². The van der Waals surface area contributed by atoms with Gasteiger partial charge in [0.1, 0.15) is 6.07 Å². The Morgan fingerprint density at radius 3 is 2.94 bits per heavy atom. The first-order valence-corrected chi connectivity index (χ1v) is 5.64. The molecule has 3 heteroatoms. The molecule has 0 bridgehead atoms. The number of nitrogens with zero attached hydrogens (tertiary/aromatic N) is 2. The van der Waals surface area contributed by atoms with Crippen LogP contribution in [0.1, 0.15) is 18.9 Å². The van der Waals surface area contributed by atoms with Crippen LogP contribution in [0.5, 0.6) is 0 Å². The molecule has 2 atom stereocenters. The summed E-state index contributed by atoms with van der Waals surface area (Å²) < 4.78 is 0. The molecule has 3 nitrogen and oxygen atoms in total. The van der Waals surface area contributed by atoms with Crippen molar-refractivity contribution in [1.82, 2.24) is 0 Å². The lowest BCUT2D eigenvalue weighted by Gasteiger charge is -2.27. The molecule has 1 saturated heterocycles. The van der Waals surface area contributed by atoms with Crippen molar-refractivity contribution < 1.29 is 5.11 Å². The Labute approximate surface area is 95.9 Å². The van der Waals surface area contributed by atoms with E-state index in [1.807, 2.05) is 24.3 Å². The van der Waals surface area contributed by atoms with Gasteiger partial charge in [-0.15, -0.1) is 0 Å². The molecule has 1 heterocycles. The molecule has 0 aromatic heterocycles. The van der Waals surface area contributed by atoms with Gasteiger partial charge in [0.25, 0.3) is 0 Å². The second kappa shape index (κ2) is 4.54. The summed E-state index contributed by atoms with van der Waals surface area (Å²) in [5.41, 5.74) is 1.64. The van der Waals surface area contributed by atoms with Gasteiger partial charge in [-0.3, -0.25) is 0 Å². The van der Waals surface area contributed by atoms with E-state index in [4.69, 9.17) is 5.26 Å². The van der Waals surface area contributed by atoms with Crippen molar-refractivity contribution in [1.29, 1.82) is 5.26 Å². The van der Waals surface area contributed by atoms with E-state index in [1.54, 1.807) is 0 Å². The van der Waals surface area contributed by atoms with Gasteiger partial charge in [0.2, 0.25) is 0 Å². The van der Waals surface area contributed by atoms with Gasteiger partial charge in [0, 0.05) is 6.54 Å². The van der Waals surface area contributed by atoms with Crippen LogP contribution >= 0.6 is 0 Å². The fourth-order valence-electron chi connectivity index (χ4n) is 2.40. The zero-order valence-electron chi connectivity index (χ0n) is 9.43. The number of aliphatic hydroxyl groups excluding tert-OH is 1. The SMILES string of the molecule is CC1CCN(c2ccccc2C#N)C1CO. The Balaban J connectivity index is 2.34. The largest absolute Gasteiger partial charge is 0.394 e. The van der Waals surface area contributed by atoms with Gasteiger partial charge >= 0.3 is 0 Å². The zero-order valence-corrected chi connectivity index (χ0v) is 9.43. The maximum atomic E-state index is 9.41. The van der Waals surface area contributed by atoms with Crippen LogP contribution in [0.4, 0.5) is 5.69 Å². The summed E-state index contributed by atoms with van der Waals surface area (Å²) in [7, 11) is 0.